The van der Waals surface area contributed by atoms with E-state index in [9.17, 15) is 18.0 Å². The van der Waals surface area contributed by atoms with Gasteiger partial charge in [0, 0.05) is 25.6 Å². The summed E-state index contributed by atoms with van der Waals surface area (Å²) >= 11 is 0. The Hall–Kier alpha value is -0.780. The van der Waals surface area contributed by atoms with Crippen LogP contribution in [-0.4, -0.2) is 36.1 Å². The minimum absolute atomic E-state index is 0.154. The van der Waals surface area contributed by atoms with Crippen LogP contribution in [0.25, 0.3) is 0 Å². The number of hydrogen-bond donors (Lipinski definition) is 1. The average molecular weight is 252 g/mol. The van der Waals surface area contributed by atoms with Crippen LogP contribution in [0.2, 0.25) is 0 Å². The number of nitrogens with two attached hydrogens (primary N) is 1. The summed E-state index contributed by atoms with van der Waals surface area (Å²) < 4.78 is 36.0. The first-order valence-electron chi connectivity index (χ1n) is 5.81. The van der Waals surface area contributed by atoms with Crippen LogP contribution >= 0.6 is 0 Å². The predicted octanol–water partition coefficient (Wildman–Crippen LogP) is 2.06. The van der Waals surface area contributed by atoms with Gasteiger partial charge in [0.05, 0.1) is 6.42 Å². The van der Waals surface area contributed by atoms with E-state index in [1.165, 1.54) is 7.05 Å². The molecule has 0 aromatic carbocycles. The molecule has 1 rings (SSSR count). The minimum Gasteiger partial charge on any atom is -0.345 e. The summed E-state index contributed by atoms with van der Waals surface area (Å²) in [7, 11) is 1.40. The van der Waals surface area contributed by atoms with E-state index >= 15 is 0 Å². The highest BCUT2D eigenvalue weighted by atomic mass is 19.4. The first kappa shape index (κ1) is 14.3. The first-order valence-corrected chi connectivity index (χ1v) is 5.81. The maximum Gasteiger partial charge on any atom is 0.390 e. The van der Waals surface area contributed by atoms with Gasteiger partial charge in [0.2, 0.25) is 5.91 Å². The second-order valence-corrected chi connectivity index (χ2v) is 4.93. The van der Waals surface area contributed by atoms with E-state index in [2.05, 4.69) is 0 Å². The summed E-state index contributed by atoms with van der Waals surface area (Å²) in [5.74, 6) is -0.293. The Balaban J connectivity index is 2.36. The molecule has 6 heteroatoms. The predicted molar refractivity (Wildman–Crippen MR) is 58.3 cm³/mol. The Labute approximate surface area is 99.1 Å². The lowest BCUT2D eigenvalue weighted by Gasteiger charge is -2.26. The van der Waals surface area contributed by atoms with E-state index in [0.717, 1.165) is 30.6 Å². The summed E-state index contributed by atoms with van der Waals surface area (Å²) in [5.41, 5.74) is 5.51. The van der Waals surface area contributed by atoms with Gasteiger partial charge in [-0.2, -0.15) is 13.2 Å². The number of halogens is 3. The molecule has 0 aromatic heterocycles. The summed E-state index contributed by atoms with van der Waals surface area (Å²) in [6.07, 6.45) is -1.47. The molecular weight excluding hydrogens is 233 g/mol. The standard InChI is InChI=1S/C11H19F3N2O/c1-16(7-6-11(12,13)14)9(17)8-10(15)4-2-3-5-10/h2-8,15H2,1H3. The molecule has 0 radical (unpaired) electrons. The fraction of sp³-hybridized carbons (Fsp3) is 0.909. The van der Waals surface area contributed by atoms with Crippen molar-refractivity contribution in [1.29, 1.82) is 0 Å². The van der Waals surface area contributed by atoms with Gasteiger partial charge in [-0.1, -0.05) is 12.8 Å². The van der Waals surface area contributed by atoms with Gasteiger partial charge in [-0.15, -0.1) is 0 Å². The van der Waals surface area contributed by atoms with E-state index < -0.39 is 18.1 Å². The highest BCUT2D eigenvalue weighted by Crippen LogP contribution is 2.30. The maximum atomic E-state index is 12.0. The van der Waals surface area contributed by atoms with Crippen LogP contribution in [-0.2, 0) is 4.79 Å². The molecule has 0 atom stereocenters. The molecule has 1 amide bonds. The van der Waals surface area contributed by atoms with Gasteiger partial charge in [0.1, 0.15) is 0 Å². The topological polar surface area (TPSA) is 46.3 Å². The maximum absolute atomic E-state index is 12.0. The Morgan fingerprint density at radius 3 is 2.35 bits per heavy atom. The zero-order valence-corrected chi connectivity index (χ0v) is 10.0. The summed E-state index contributed by atoms with van der Waals surface area (Å²) in [5, 5.41) is 0. The zero-order valence-electron chi connectivity index (χ0n) is 10.0. The van der Waals surface area contributed by atoms with E-state index in [-0.39, 0.29) is 18.9 Å². The lowest BCUT2D eigenvalue weighted by atomic mass is 9.94. The van der Waals surface area contributed by atoms with Crippen molar-refractivity contribution in [2.45, 2.75) is 50.2 Å². The van der Waals surface area contributed by atoms with Gasteiger partial charge in [0.15, 0.2) is 0 Å². The SMILES string of the molecule is CN(CCC(F)(F)F)C(=O)CC1(N)CCCC1. The number of carbonyl (C=O) groups is 1. The van der Waals surface area contributed by atoms with Crippen LogP contribution in [0.1, 0.15) is 38.5 Å². The normalized spacial score (nSPS) is 19.4. The quantitative estimate of drug-likeness (QED) is 0.832. The molecule has 0 aliphatic heterocycles. The second-order valence-electron chi connectivity index (χ2n) is 4.93. The Bertz CT molecular complexity index is 272. The molecule has 17 heavy (non-hydrogen) atoms. The Kier molecular flexibility index (Phi) is 4.41. The van der Waals surface area contributed by atoms with Crippen molar-refractivity contribution in [2.24, 2.45) is 5.73 Å². The van der Waals surface area contributed by atoms with Crippen LogP contribution in [0.4, 0.5) is 13.2 Å². The smallest absolute Gasteiger partial charge is 0.345 e. The molecule has 0 bridgehead atoms. The van der Waals surface area contributed by atoms with Crippen LogP contribution in [0.3, 0.4) is 0 Å². The molecule has 1 fully saturated rings. The van der Waals surface area contributed by atoms with Crippen molar-refractivity contribution in [1.82, 2.24) is 4.90 Å². The van der Waals surface area contributed by atoms with E-state index in [4.69, 9.17) is 5.73 Å². The minimum atomic E-state index is -4.22. The van der Waals surface area contributed by atoms with Gasteiger partial charge in [-0.05, 0) is 12.8 Å². The van der Waals surface area contributed by atoms with Gasteiger partial charge in [-0.25, -0.2) is 0 Å². The largest absolute Gasteiger partial charge is 0.390 e. The monoisotopic (exact) mass is 252 g/mol. The highest BCUT2D eigenvalue weighted by Gasteiger charge is 2.33. The van der Waals surface area contributed by atoms with Crippen molar-refractivity contribution >= 4 is 5.91 Å². The van der Waals surface area contributed by atoms with Gasteiger partial charge in [-0.3, -0.25) is 4.79 Å². The average Bonchev–Trinajstić information content (AvgIpc) is 2.60. The van der Waals surface area contributed by atoms with Crippen LogP contribution in [0.15, 0.2) is 0 Å². The molecule has 0 saturated heterocycles. The highest BCUT2D eigenvalue weighted by molar-refractivity contribution is 5.77. The van der Waals surface area contributed by atoms with E-state index in [1.807, 2.05) is 0 Å². The summed E-state index contributed by atoms with van der Waals surface area (Å²) in [4.78, 5) is 12.8. The number of carbonyl (C=O) groups excluding carboxylic acids is 1. The number of rotatable bonds is 4. The van der Waals surface area contributed by atoms with Crippen molar-refractivity contribution in [3.63, 3.8) is 0 Å². The fourth-order valence-corrected chi connectivity index (χ4v) is 2.11. The summed E-state index contributed by atoms with van der Waals surface area (Å²) in [6, 6.07) is 0. The third-order valence-corrected chi connectivity index (χ3v) is 3.26. The Morgan fingerprint density at radius 1 is 1.35 bits per heavy atom. The molecule has 0 spiro atoms. The lowest BCUT2D eigenvalue weighted by Crippen LogP contribution is -2.43. The molecule has 1 aliphatic rings. The zero-order chi connectivity index (χ0) is 13.1. The Morgan fingerprint density at radius 2 is 1.88 bits per heavy atom. The number of alkyl halides is 3. The third-order valence-electron chi connectivity index (χ3n) is 3.26. The number of hydrogen-bond acceptors (Lipinski definition) is 2. The molecule has 0 aromatic rings. The second kappa shape index (κ2) is 5.25. The van der Waals surface area contributed by atoms with E-state index in [0.29, 0.717) is 0 Å². The molecule has 1 aliphatic carbocycles. The van der Waals surface area contributed by atoms with E-state index in [1.54, 1.807) is 0 Å². The van der Waals surface area contributed by atoms with Gasteiger partial charge in [0.25, 0.3) is 0 Å². The fourth-order valence-electron chi connectivity index (χ4n) is 2.11. The molecule has 1 saturated carbocycles. The van der Waals surface area contributed by atoms with Crippen molar-refractivity contribution in [2.75, 3.05) is 13.6 Å². The number of amides is 1. The van der Waals surface area contributed by atoms with Crippen LogP contribution in [0.5, 0.6) is 0 Å². The van der Waals surface area contributed by atoms with Gasteiger partial charge >= 0.3 is 6.18 Å². The molecule has 2 N–H and O–H groups in total. The molecule has 3 nitrogen and oxygen atoms in total. The van der Waals surface area contributed by atoms with Gasteiger partial charge < -0.3 is 10.6 Å². The van der Waals surface area contributed by atoms with Crippen LogP contribution in [0, 0.1) is 0 Å². The molecule has 0 unspecified atom stereocenters. The van der Waals surface area contributed by atoms with Crippen LogP contribution < -0.4 is 5.73 Å². The van der Waals surface area contributed by atoms with Crippen molar-refractivity contribution in [3.05, 3.63) is 0 Å². The van der Waals surface area contributed by atoms with Crippen molar-refractivity contribution in [3.8, 4) is 0 Å². The lowest BCUT2D eigenvalue weighted by molar-refractivity contribution is -0.144. The summed E-state index contributed by atoms with van der Waals surface area (Å²) in [6.45, 7) is -0.293. The number of nitrogens with zero attached hydrogens (tertiary/aromatic N) is 1. The van der Waals surface area contributed by atoms with Crippen molar-refractivity contribution < 1.29 is 18.0 Å². The third kappa shape index (κ3) is 4.93. The molecule has 0 heterocycles. The molecule has 100 valence electrons. The first-order chi connectivity index (χ1) is 7.72. The molecular formula is C11H19F3N2O.